The SMILES string of the molecule is CCOc1cc(NC(=S)Nc2ccccc2CC)c(OCC)cc1NC(C)=O. The second kappa shape index (κ2) is 10.5. The molecule has 0 spiro atoms. The molecule has 3 N–H and O–H groups in total. The van der Waals surface area contributed by atoms with E-state index < -0.39 is 0 Å². The van der Waals surface area contributed by atoms with Crippen molar-refractivity contribution in [3.63, 3.8) is 0 Å². The van der Waals surface area contributed by atoms with Gasteiger partial charge in [-0.05, 0) is 44.1 Å². The molecule has 7 heteroatoms. The summed E-state index contributed by atoms with van der Waals surface area (Å²) in [6, 6.07) is 11.5. The number of amides is 1. The highest BCUT2D eigenvalue weighted by molar-refractivity contribution is 7.80. The van der Waals surface area contributed by atoms with Crippen LogP contribution in [0.5, 0.6) is 11.5 Å². The van der Waals surface area contributed by atoms with E-state index in [9.17, 15) is 4.79 Å². The van der Waals surface area contributed by atoms with Gasteiger partial charge in [-0.3, -0.25) is 4.79 Å². The Morgan fingerprint density at radius 2 is 1.43 bits per heavy atom. The van der Waals surface area contributed by atoms with Crippen LogP contribution in [0.3, 0.4) is 0 Å². The van der Waals surface area contributed by atoms with E-state index in [4.69, 9.17) is 21.7 Å². The predicted octanol–water partition coefficient (Wildman–Crippen LogP) is 4.81. The van der Waals surface area contributed by atoms with Crippen LogP contribution in [0.1, 0.15) is 33.3 Å². The van der Waals surface area contributed by atoms with Gasteiger partial charge in [0, 0.05) is 24.7 Å². The molecule has 28 heavy (non-hydrogen) atoms. The van der Waals surface area contributed by atoms with Crippen LogP contribution >= 0.6 is 12.2 Å². The van der Waals surface area contributed by atoms with Crippen LogP contribution in [0.2, 0.25) is 0 Å². The minimum atomic E-state index is -0.183. The lowest BCUT2D eigenvalue weighted by atomic mass is 10.1. The highest BCUT2D eigenvalue weighted by Gasteiger charge is 2.14. The van der Waals surface area contributed by atoms with Crippen molar-refractivity contribution in [1.29, 1.82) is 0 Å². The Hall–Kier alpha value is -2.80. The Labute approximate surface area is 171 Å². The van der Waals surface area contributed by atoms with Crippen molar-refractivity contribution in [3.05, 3.63) is 42.0 Å². The second-order valence-electron chi connectivity index (χ2n) is 5.98. The van der Waals surface area contributed by atoms with E-state index >= 15 is 0 Å². The van der Waals surface area contributed by atoms with Crippen LogP contribution in [0.15, 0.2) is 36.4 Å². The Balaban J connectivity index is 2.30. The maximum absolute atomic E-state index is 11.5. The van der Waals surface area contributed by atoms with Gasteiger partial charge in [-0.25, -0.2) is 0 Å². The number of benzene rings is 2. The maximum atomic E-state index is 11.5. The van der Waals surface area contributed by atoms with Gasteiger partial charge in [0.05, 0.1) is 24.6 Å². The van der Waals surface area contributed by atoms with E-state index in [1.807, 2.05) is 32.0 Å². The van der Waals surface area contributed by atoms with Crippen molar-refractivity contribution >= 4 is 40.3 Å². The van der Waals surface area contributed by atoms with Crippen LogP contribution < -0.4 is 25.4 Å². The van der Waals surface area contributed by atoms with Crippen LogP contribution in [0.4, 0.5) is 17.1 Å². The van der Waals surface area contributed by atoms with Crippen molar-refractivity contribution in [2.24, 2.45) is 0 Å². The highest BCUT2D eigenvalue weighted by atomic mass is 32.1. The fourth-order valence-electron chi connectivity index (χ4n) is 2.72. The van der Waals surface area contributed by atoms with Crippen molar-refractivity contribution < 1.29 is 14.3 Å². The highest BCUT2D eigenvalue weighted by Crippen LogP contribution is 2.37. The normalized spacial score (nSPS) is 10.1. The molecule has 2 rings (SSSR count). The number of nitrogens with one attached hydrogen (secondary N) is 3. The molecule has 0 aliphatic rings. The lowest BCUT2D eigenvalue weighted by molar-refractivity contribution is -0.114. The molecular formula is C21H27N3O3S. The lowest BCUT2D eigenvalue weighted by Gasteiger charge is -2.19. The molecule has 0 unspecified atom stereocenters. The van der Waals surface area contributed by atoms with Gasteiger partial charge in [-0.15, -0.1) is 0 Å². The molecular weight excluding hydrogens is 374 g/mol. The van der Waals surface area contributed by atoms with Crippen LogP contribution in [-0.2, 0) is 11.2 Å². The summed E-state index contributed by atoms with van der Waals surface area (Å²) in [5.74, 6) is 0.931. The summed E-state index contributed by atoms with van der Waals surface area (Å²) in [7, 11) is 0. The lowest BCUT2D eigenvalue weighted by Crippen LogP contribution is -2.20. The molecule has 0 radical (unpaired) electrons. The molecule has 0 aromatic heterocycles. The first-order chi connectivity index (χ1) is 13.5. The van der Waals surface area contributed by atoms with Crippen molar-refractivity contribution in [2.45, 2.75) is 34.1 Å². The number of anilines is 3. The number of aryl methyl sites for hydroxylation is 1. The topological polar surface area (TPSA) is 71.6 Å². The predicted molar refractivity (Wildman–Crippen MR) is 119 cm³/mol. The fraction of sp³-hybridized carbons (Fsp3) is 0.333. The minimum Gasteiger partial charge on any atom is -0.492 e. The van der Waals surface area contributed by atoms with E-state index in [1.165, 1.54) is 12.5 Å². The molecule has 0 saturated carbocycles. The van der Waals surface area contributed by atoms with Gasteiger partial charge in [-0.2, -0.15) is 0 Å². The van der Waals surface area contributed by atoms with Crippen molar-refractivity contribution in [3.8, 4) is 11.5 Å². The summed E-state index contributed by atoms with van der Waals surface area (Å²) in [6.07, 6.45) is 0.899. The van der Waals surface area contributed by atoms with E-state index in [2.05, 4.69) is 28.9 Å². The Bertz CT molecular complexity index is 840. The molecule has 0 heterocycles. The standard InChI is InChI=1S/C21H27N3O3S/c1-5-15-10-8-9-11-16(15)23-21(28)24-18-13-19(26-6-2)17(22-14(4)25)12-20(18)27-7-3/h8-13H,5-7H2,1-4H3,(H,22,25)(H2,23,24,28). The first-order valence-electron chi connectivity index (χ1n) is 9.35. The molecule has 6 nitrogen and oxygen atoms in total. The Kier molecular flexibility index (Phi) is 8.07. The molecule has 0 aliphatic carbocycles. The van der Waals surface area contributed by atoms with Gasteiger partial charge in [-0.1, -0.05) is 25.1 Å². The molecule has 0 saturated heterocycles. The summed E-state index contributed by atoms with van der Waals surface area (Å²) in [5.41, 5.74) is 3.34. The number of carbonyl (C=O) groups excluding carboxylic acids is 1. The molecule has 2 aromatic carbocycles. The van der Waals surface area contributed by atoms with Crippen LogP contribution in [0.25, 0.3) is 0 Å². The second-order valence-corrected chi connectivity index (χ2v) is 6.39. The summed E-state index contributed by atoms with van der Waals surface area (Å²) >= 11 is 5.49. The number of para-hydroxylation sites is 1. The monoisotopic (exact) mass is 401 g/mol. The fourth-order valence-corrected chi connectivity index (χ4v) is 2.94. The quantitative estimate of drug-likeness (QED) is 0.551. The Morgan fingerprint density at radius 3 is 1.96 bits per heavy atom. The third kappa shape index (κ3) is 5.85. The Morgan fingerprint density at radius 1 is 0.893 bits per heavy atom. The third-order valence-electron chi connectivity index (χ3n) is 3.89. The number of rotatable bonds is 8. The molecule has 0 aliphatic heterocycles. The molecule has 0 atom stereocenters. The van der Waals surface area contributed by atoms with E-state index in [1.54, 1.807) is 12.1 Å². The van der Waals surface area contributed by atoms with Gasteiger partial charge >= 0.3 is 0 Å². The summed E-state index contributed by atoms with van der Waals surface area (Å²) < 4.78 is 11.4. The minimum absolute atomic E-state index is 0.183. The summed E-state index contributed by atoms with van der Waals surface area (Å²) in [4.78, 5) is 11.5. The molecule has 150 valence electrons. The first kappa shape index (κ1) is 21.5. The third-order valence-corrected chi connectivity index (χ3v) is 4.09. The number of carbonyl (C=O) groups is 1. The van der Waals surface area contributed by atoms with Crippen LogP contribution in [-0.4, -0.2) is 24.2 Å². The first-order valence-corrected chi connectivity index (χ1v) is 9.76. The largest absolute Gasteiger partial charge is 0.492 e. The number of hydrogen-bond acceptors (Lipinski definition) is 4. The average molecular weight is 402 g/mol. The number of ether oxygens (including phenoxy) is 2. The van der Waals surface area contributed by atoms with Gasteiger partial charge in [0.15, 0.2) is 5.11 Å². The molecule has 2 aromatic rings. The molecule has 1 amide bonds. The zero-order chi connectivity index (χ0) is 20.5. The van der Waals surface area contributed by atoms with E-state index in [0.717, 1.165) is 12.1 Å². The smallest absolute Gasteiger partial charge is 0.221 e. The number of hydrogen-bond donors (Lipinski definition) is 3. The molecule has 0 fully saturated rings. The van der Waals surface area contributed by atoms with Gasteiger partial charge < -0.3 is 25.4 Å². The van der Waals surface area contributed by atoms with Crippen molar-refractivity contribution in [1.82, 2.24) is 0 Å². The zero-order valence-corrected chi connectivity index (χ0v) is 17.5. The maximum Gasteiger partial charge on any atom is 0.221 e. The summed E-state index contributed by atoms with van der Waals surface area (Å²) in [6.45, 7) is 8.26. The van der Waals surface area contributed by atoms with E-state index in [0.29, 0.717) is 41.2 Å². The van der Waals surface area contributed by atoms with Gasteiger partial charge in [0.2, 0.25) is 5.91 Å². The van der Waals surface area contributed by atoms with E-state index in [-0.39, 0.29) is 5.91 Å². The average Bonchev–Trinajstić information content (AvgIpc) is 2.65. The summed E-state index contributed by atoms with van der Waals surface area (Å²) in [5, 5.41) is 9.62. The number of thiocarbonyl (C=S) groups is 1. The molecule has 0 bridgehead atoms. The van der Waals surface area contributed by atoms with Crippen LogP contribution in [0, 0.1) is 0 Å². The van der Waals surface area contributed by atoms with Gasteiger partial charge in [0.25, 0.3) is 0 Å². The van der Waals surface area contributed by atoms with Gasteiger partial charge in [0.1, 0.15) is 11.5 Å². The van der Waals surface area contributed by atoms with Crippen molar-refractivity contribution in [2.75, 3.05) is 29.2 Å². The zero-order valence-electron chi connectivity index (χ0n) is 16.7.